The van der Waals surface area contributed by atoms with Gasteiger partial charge in [0.2, 0.25) is 11.8 Å². The fourth-order valence-electron chi connectivity index (χ4n) is 2.05. The Bertz CT molecular complexity index is 559. The second-order valence-electron chi connectivity index (χ2n) is 4.61. The number of hydrogen-bond donors (Lipinski definition) is 1. The van der Waals surface area contributed by atoms with Crippen LogP contribution in [0.25, 0.3) is 0 Å². The summed E-state index contributed by atoms with van der Waals surface area (Å²) in [6.45, 7) is 6.53. The molecule has 0 saturated carbocycles. The summed E-state index contributed by atoms with van der Waals surface area (Å²) in [5.74, 6) is 2.29. The largest absolute Gasteiger partial charge is 0.481 e. The fourth-order valence-corrected chi connectivity index (χ4v) is 2.05. The van der Waals surface area contributed by atoms with Crippen LogP contribution in [0.2, 0.25) is 0 Å². The minimum Gasteiger partial charge on any atom is -0.481 e. The number of ether oxygens (including phenoxy) is 1. The Labute approximate surface area is 112 Å². The molecule has 6 nitrogen and oxygen atoms in total. The number of aryl methyl sites for hydroxylation is 3. The molecule has 1 unspecified atom stereocenters. The van der Waals surface area contributed by atoms with Gasteiger partial charge in [-0.25, -0.2) is 9.67 Å². The summed E-state index contributed by atoms with van der Waals surface area (Å²) in [5, 5.41) is 7.72. The Balaban J connectivity index is 2.06. The van der Waals surface area contributed by atoms with Crippen molar-refractivity contribution in [3.05, 3.63) is 29.1 Å². The first-order chi connectivity index (χ1) is 9.02. The molecule has 0 aliphatic carbocycles. The molecule has 0 aliphatic heterocycles. The maximum atomic E-state index is 5.50. The van der Waals surface area contributed by atoms with E-state index in [9.17, 15) is 0 Å². The Morgan fingerprint density at radius 2 is 2.21 bits per heavy atom. The van der Waals surface area contributed by atoms with Gasteiger partial charge >= 0.3 is 0 Å². The average molecular weight is 264 g/mol. The highest BCUT2D eigenvalue weighted by atomic mass is 16.5. The van der Waals surface area contributed by atoms with Crippen molar-refractivity contribution in [1.82, 2.24) is 20.1 Å². The van der Waals surface area contributed by atoms with E-state index in [1.165, 1.54) is 0 Å². The number of aromatic nitrogens is 3. The topological polar surface area (TPSA) is 65.1 Å². The summed E-state index contributed by atoms with van der Waals surface area (Å²) in [5.41, 5.74) is 2.02. The summed E-state index contributed by atoms with van der Waals surface area (Å²) in [6.07, 6.45) is 1.73. The van der Waals surface area contributed by atoms with Crippen molar-refractivity contribution < 1.29 is 9.15 Å². The molecule has 0 bridgehead atoms. The smallest absolute Gasteiger partial charge is 0.216 e. The molecule has 0 spiro atoms. The fraction of sp³-hybridized carbons (Fsp3) is 0.538. The molecule has 0 saturated heterocycles. The number of nitrogens with zero attached hydrogens (tertiary/aromatic N) is 3. The summed E-state index contributed by atoms with van der Waals surface area (Å²) in [4.78, 5) is 4.22. The molecule has 2 aromatic rings. The number of hydrogen-bond acceptors (Lipinski definition) is 5. The molecular weight excluding hydrogens is 244 g/mol. The summed E-state index contributed by atoms with van der Waals surface area (Å²) < 4.78 is 12.6. The van der Waals surface area contributed by atoms with Crippen LogP contribution in [0.15, 0.2) is 10.6 Å². The SMILES string of the molecule is COc1c(CNC(C)c2ncc(C)o2)c(C)nn1C. The highest BCUT2D eigenvalue weighted by Crippen LogP contribution is 2.22. The molecule has 104 valence electrons. The van der Waals surface area contributed by atoms with Crippen LogP contribution in [-0.4, -0.2) is 21.9 Å². The highest BCUT2D eigenvalue weighted by Gasteiger charge is 2.16. The van der Waals surface area contributed by atoms with Crippen molar-refractivity contribution in [3.8, 4) is 5.88 Å². The van der Waals surface area contributed by atoms with E-state index in [1.54, 1.807) is 18.0 Å². The van der Waals surface area contributed by atoms with E-state index in [0.29, 0.717) is 12.4 Å². The van der Waals surface area contributed by atoms with Crippen molar-refractivity contribution in [2.24, 2.45) is 7.05 Å². The van der Waals surface area contributed by atoms with E-state index in [2.05, 4.69) is 15.4 Å². The third-order valence-electron chi connectivity index (χ3n) is 3.08. The zero-order valence-corrected chi connectivity index (χ0v) is 12.0. The van der Waals surface area contributed by atoms with Crippen LogP contribution < -0.4 is 10.1 Å². The number of oxazole rings is 1. The Hall–Kier alpha value is -1.82. The summed E-state index contributed by atoms with van der Waals surface area (Å²) in [7, 11) is 3.52. The van der Waals surface area contributed by atoms with Gasteiger partial charge in [-0.15, -0.1) is 0 Å². The standard InChI is InChI=1S/C13H20N4O2/c1-8-6-15-12(19-8)10(3)14-7-11-9(2)16-17(4)13(11)18-5/h6,10,14H,7H2,1-5H3. The first-order valence-electron chi connectivity index (χ1n) is 6.25. The molecule has 2 rings (SSSR count). The maximum Gasteiger partial charge on any atom is 0.216 e. The van der Waals surface area contributed by atoms with Gasteiger partial charge in [-0.1, -0.05) is 0 Å². The predicted octanol–water partition coefficient (Wildman–Crippen LogP) is 1.88. The molecule has 0 amide bonds. The van der Waals surface area contributed by atoms with Gasteiger partial charge in [-0.3, -0.25) is 0 Å². The van der Waals surface area contributed by atoms with E-state index in [0.717, 1.165) is 22.9 Å². The van der Waals surface area contributed by atoms with E-state index < -0.39 is 0 Å². The van der Waals surface area contributed by atoms with Crippen LogP contribution in [0.3, 0.4) is 0 Å². The molecule has 0 fully saturated rings. The minimum absolute atomic E-state index is 0.0398. The Morgan fingerprint density at radius 1 is 1.47 bits per heavy atom. The lowest BCUT2D eigenvalue weighted by Gasteiger charge is -2.11. The Morgan fingerprint density at radius 3 is 2.79 bits per heavy atom. The van der Waals surface area contributed by atoms with Crippen LogP contribution in [-0.2, 0) is 13.6 Å². The molecular formula is C13H20N4O2. The maximum absolute atomic E-state index is 5.50. The molecule has 1 atom stereocenters. The number of nitrogens with one attached hydrogen (secondary N) is 1. The molecule has 2 heterocycles. The summed E-state index contributed by atoms with van der Waals surface area (Å²) >= 11 is 0. The van der Waals surface area contributed by atoms with Gasteiger partial charge in [0.25, 0.3) is 0 Å². The van der Waals surface area contributed by atoms with Gasteiger partial charge in [0.1, 0.15) is 5.76 Å². The van der Waals surface area contributed by atoms with Crippen LogP contribution in [0, 0.1) is 13.8 Å². The van der Waals surface area contributed by atoms with Crippen LogP contribution in [0.4, 0.5) is 0 Å². The lowest BCUT2D eigenvalue weighted by atomic mass is 10.2. The quantitative estimate of drug-likeness (QED) is 0.893. The first kappa shape index (κ1) is 13.6. The normalized spacial score (nSPS) is 12.7. The van der Waals surface area contributed by atoms with Crippen molar-refractivity contribution in [1.29, 1.82) is 0 Å². The van der Waals surface area contributed by atoms with Crippen molar-refractivity contribution in [2.45, 2.75) is 33.4 Å². The van der Waals surface area contributed by atoms with E-state index >= 15 is 0 Å². The predicted molar refractivity (Wildman–Crippen MR) is 71.0 cm³/mol. The van der Waals surface area contributed by atoms with Gasteiger partial charge in [0, 0.05) is 13.6 Å². The molecule has 1 N–H and O–H groups in total. The molecule has 0 aromatic carbocycles. The van der Waals surface area contributed by atoms with Crippen LogP contribution in [0.1, 0.15) is 35.9 Å². The van der Waals surface area contributed by atoms with Crippen molar-refractivity contribution in [3.63, 3.8) is 0 Å². The van der Waals surface area contributed by atoms with E-state index in [-0.39, 0.29) is 6.04 Å². The van der Waals surface area contributed by atoms with Crippen LogP contribution in [0.5, 0.6) is 5.88 Å². The van der Waals surface area contributed by atoms with Crippen LogP contribution >= 0.6 is 0 Å². The lowest BCUT2D eigenvalue weighted by molar-refractivity contribution is 0.363. The monoisotopic (exact) mass is 264 g/mol. The third kappa shape index (κ3) is 2.78. The second-order valence-corrected chi connectivity index (χ2v) is 4.61. The van der Waals surface area contributed by atoms with Gasteiger partial charge < -0.3 is 14.5 Å². The zero-order chi connectivity index (χ0) is 14.0. The van der Waals surface area contributed by atoms with E-state index in [4.69, 9.17) is 9.15 Å². The third-order valence-corrected chi connectivity index (χ3v) is 3.08. The molecule has 6 heteroatoms. The van der Waals surface area contributed by atoms with Gasteiger partial charge in [-0.05, 0) is 20.8 Å². The summed E-state index contributed by atoms with van der Waals surface area (Å²) in [6, 6.07) is 0.0398. The Kier molecular flexibility index (Phi) is 3.90. The minimum atomic E-state index is 0.0398. The molecule has 19 heavy (non-hydrogen) atoms. The number of methoxy groups -OCH3 is 1. The lowest BCUT2D eigenvalue weighted by Crippen LogP contribution is -2.19. The van der Waals surface area contributed by atoms with Gasteiger partial charge in [-0.2, -0.15) is 5.10 Å². The average Bonchev–Trinajstić information content (AvgIpc) is 2.90. The number of rotatable bonds is 5. The van der Waals surface area contributed by atoms with E-state index in [1.807, 2.05) is 27.8 Å². The van der Waals surface area contributed by atoms with Crippen molar-refractivity contribution in [2.75, 3.05) is 7.11 Å². The molecule has 0 aliphatic rings. The second kappa shape index (κ2) is 5.44. The molecule has 2 aromatic heterocycles. The molecule has 0 radical (unpaired) electrons. The first-order valence-corrected chi connectivity index (χ1v) is 6.25. The zero-order valence-electron chi connectivity index (χ0n) is 12.0. The van der Waals surface area contributed by atoms with Crippen molar-refractivity contribution >= 4 is 0 Å². The van der Waals surface area contributed by atoms with Gasteiger partial charge in [0.15, 0.2) is 0 Å². The highest BCUT2D eigenvalue weighted by molar-refractivity contribution is 5.30. The van der Waals surface area contributed by atoms with Gasteiger partial charge in [0.05, 0.1) is 30.6 Å².